The molecule has 0 aromatic carbocycles. The topological polar surface area (TPSA) is 155 Å². The van der Waals surface area contributed by atoms with Gasteiger partial charge >= 0.3 is 19.8 Å². The third-order valence-corrected chi connectivity index (χ3v) is 11.2. The number of hydrogen-bond donors (Lipinski definition) is 3. The number of phosphoric ester groups is 1. The molecular weight excluding hydrogens is 790 g/mol. The van der Waals surface area contributed by atoms with Crippen LogP contribution in [0.3, 0.4) is 0 Å². The Morgan fingerprint density at radius 2 is 0.951 bits per heavy atom. The Morgan fingerprint density at radius 3 is 1.44 bits per heavy atom. The smallest absolute Gasteiger partial charge is 0.472 e. The Hall–Kier alpha value is -2.33. The lowest BCUT2D eigenvalue weighted by atomic mass is 10.1. The summed E-state index contributed by atoms with van der Waals surface area (Å²) in [5.74, 6) is -1.79. The van der Waals surface area contributed by atoms with Crippen LogP contribution in [0, 0.1) is 0 Å². The molecule has 0 aliphatic heterocycles. The van der Waals surface area contributed by atoms with E-state index in [1.807, 2.05) is 0 Å². The highest BCUT2D eigenvalue weighted by atomic mass is 31.2. The minimum Gasteiger partial charge on any atom is -0.480 e. The van der Waals surface area contributed by atoms with Gasteiger partial charge in [-0.3, -0.25) is 18.6 Å². The fourth-order valence-electron chi connectivity index (χ4n) is 6.53. The van der Waals surface area contributed by atoms with E-state index < -0.39 is 45.1 Å². The number of carboxylic acids is 1. The summed E-state index contributed by atoms with van der Waals surface area (Å²) in [7, 11) is -4.62. The van der Waals surface area contributed by atoms with Crippen molar-refractivity contribution >= 4 is 19.8 Å². The standard InChI is InChI=1S/C50H90NO9P/c1-3-5-7-9-11-13-15-17-19-20-21-22-23-24-25-26-27-29-31-33-35-37-39-41-43-57-44-47(45-58-61(55,56)59-46-48(51)50(53)54)60-49(52)42-40-38-36-34-32-30-28-18-16-14-12-10-8-6-4-2/h5,7,11,13,17-19,21-22,28,47-48H,3-4,6,8-10,12,14-16,20,23-27,29-46,51H2,1-2H3,(H,53,54)(H,55,56)/b7-5-,13-11-,19-17-,22-21-,28-18-. The summed E-state index contributed by atoms with van der Waals surface area (Å²) >= 11 is 0. The van der Waals surface area contributed by atoms with Gasteiger partial charge in [-0.2, -0.15) is 0 Å². The Labute approximate surface area is 372 Å². The Morgan fingerprint density at radius 1 is 0.541 bits per heavy atom. The van der Waals surface area contributed by atoms with Gasteiger partial charge in [-0.25, -0.2) is 4.57 Å². The van der Waals surface area contributed by atoms with Gasteiger partial charge in [0.2, 0.25) is 0 Å². The molecule has 0 aliphatic rings. The molecule has 0 amide bonds. The molecule has 0 aromatic heterocycles. The van der Waals surface area contributed by atoms with Crippen LogP contribution in [0.5, 0.6) is 0 Å². The van der Waals surface area contributed by atoms with E-state index in [0.29, 0.717) is 13.0 Å². The van der Waals surface area contributed by atoms with Crippen molar-refractivity contribution in [2.75, 3.05) is 26.4 Å². The zero-order valence-corrected chi connectivity index (χ0v) is 39.6. The first kappa shape index (κ1) is 58.7. The fraction of sp³-hybridized carbons (Fsp3) is 0.760. The van der Waals surface area contributed by atoms with Crippen molar-refractivity contribution in [3.05, 3.63) is 60.8 Å². The summed E-state index contributed by atoms with van der Waals surface area (Å²) < 4.78 is 33.4. The number of unbranched alkanes of at least 4 members (excludes halogenated alkanes) is 22. The van der Waals surface area contributed by atoms with Crippen LogP contribution in [-0.4, -0.2) is 60.5 Å². The maximum absolute atomic E-state index is 12.7. The quantitative estimate of drug-likeness (QED) is 0.0233. The van der Waals surface area contributed by atoms with Crippen LogP contribution in [0.1, 0.15) is 206 Å². The molecule has 0 bridgehead atoms. The molecule has 61 heavy (non-hydrogen) atoms. The fourth-order valence-corrected chi connectivity index (χ4v) is 7.31. The van der Waals surface area contributed by atoms with Crippen LogP contribution in [0.25, 0.3) is 0 Å². The van der Waals surface area contributed by atoms with Crippen molar-refractivity contribution < 1.29 is 42.7 Å². The number of aliphatic carboxylic acids is 1. The number of carbonyl (C=O) groups is 2. The highest BCUT2D eigenvalue weighted by Crippen LogP contribution is 2.43. The van der Waals surface area contributed by atoms with Crippen molar-refractivity contribution in [3.8, 4) is 0 Å². The van der Waals surface area contributed by atoms with Crippen molar-refractivity contribution in [2.24, 2.45) is 5.73 Å². The van der Waals surface area contributed by atoms with Gasteiger partial charge in [0, 0.05) is 13.0 Å². The van der Waals surface area contributed by atoms with Gasteiger partial charge in [0.25, 0.3) is 0 Å². The Balaban J connectivity index is 4.15. The molecule has 0 saturated heterocycles. The number of phosphoric acid groups is 1. The van der Waals surface area contributed by atoms with Gasteiger partial charge in [0.05, 0.1) is 19.8 Å². The Bertz CT molecular complexity index is 1200. The van der Waals surface area contributed by atoms with Crippen molar-refractivity contribution in [3.63, 3.8) is 0 Å². The third kappa shape index (κ3) is 45.5. The van der Waals surface area contributed by atoms with Crippen LogP contribution >= 0.6 is 7.82 Å². The molecule has 0 saturated carbocycles. The van der Waals surface area contributed by atoms with Crippen LogP contribution in [-0.2, 0) is 32.7 Å². The predicted octanol–water partition coefficient (Wildman–Crippen LogP) is 14.0. The van der Waals surface area contributed by atoms with Gasteiger partial charge in [0.1, 0.15) is 12.1 Å². The van der Waals surface area contributed by atoms with Gasteiger partial charge in [0.15, 0.2) is 0 Å². The van der Waals surface area contributed by atoms with Crippen molar-refractivity contribution in [1.82, 2.24) is 0 Å². The lowest BCUT2D eigenvalue weighted by Crippen LogP contribution is -2.34. The molecule has 10 nitrogen and oxygen atoms in total. The third-order valence-electron chi connectivity index (χ3n) is 10.3. The van der Waals surface area contributed by atoms with E-state index in [1.165, 1.54) is 103 Å². The second kappa shape index (κ2) is 45.7. The number of hydrogen-bond acceptors (Lipinski definition) is 8. The van der Waals surface area contributed by atoms with E-state index >= 15 is 0 Å². The van der Waals surface area contributed by atoms with E-state index in [9.17, 15) is 19.0 Å². The first-order valence-corrected chi connectivity index (χ1v) is 25.8. The molecular formula is C50H90NO9P. The normalized spacial score (nSPS) is 14.3. The molecule has 0 fully saturated rings. The van der Waals surface area contributed by atoms with E-state index in [4.69, 9.17) is 29.4 Å². The molecule has 0 heterocycles. The number of carboxylic acid groups (broad SMARTS) is 1. The molecule has 0 rings (SSSR count). The van der Waals surface area contributed by atoms with Crippen molar-refractivity contribution in [1.29, 1.82) is 0 Å². The monoisotopic (exact) mass is 880 g/mol. The summed E-state index contributed by atoms with van der Waals surface area (Å²) in [6.07, 6.45) is 55.6. The van der Waals surface area contributed by atoms with Gasteiger partial charge in [-0.1, -0.05) is 184 Å². The summed E-state index contributed by atoms with van der Waals surface area (Å²) in [6, 6.07) is -1.48. The number of carbonyl (C=O) groups excluding carboxylic acids is 1. The first-order chi connectivity index (χ1) is 29.7. The maximum Gasteiger partial charge on any atom is 0.472 e. The second-order valence-corrected chi connectivity index (χ2v) is 17.7. The van der Waals surface area contributed by atoms with E-state index in [-0.39, 0.29) is 13.0 Å². The number of rotatable bonds is 46. The van der Waals surface area contributed by atoms with Crippen LogP contribution in [0.2, 0.25) is 0 Å². The van der Waals surface area contributed by atoms with E-state index in [1.54, 1.807) is 0 Å². The molecule has 3 atom stereocenters. The molecule has 0 radical (unpaired) electrons. The first-order valence-electron chi connectivity index (χ1n) is 24.3. The zero-order chi connectivity index (χ0) is 44.8. The number of ether oxygens (including phenoxy) is 2. The van der Waals surface area contributed by atoms with Crippen LogP contribution in [0.15, 0.2) is 60.8 Å². The Kier molecular flexibility index (Phi) is 43.9. The SMILES string of the molecule is CC/C=C\C/C=C\C/C=C\C/C=C\CCCCCCCCCCCCCOCC(COP(=O)(O)OCC(N)C(=O)O)OC(=O)CCCCCCC/C=C\CCCCCCCC. The summed E-state index contributed by atoms with van der Waals surface area (Å²) in [5.41, 5.74) is 5.37. The minimum atomic E-state index is -4.62. The summed E-state index contributed by atoms with van der Waals surface area (Å²) in [6.45, 7) is 3.76. The molecule has 4 N–H and O–H groups in total. The minimum absolute atomic E-state index is 0.0101. The highest BCUT2D eigenvalue weighted by Gasteiger charge is 2.27. The second-order valence-electron chi connectivity index (χ2n) is 16.2. The predicted molar refractivity (Wildman–Crippen MR) is 254 cm³/mol. The van der Waals surface area contributed by atoms with Crippen molar-refractivity contribution in [2.45, 2.75) is 219 Å². The van der Waals surface area contributed by atoms with E-state index in [0.717, 1.165) is 77.0 Å². The number of allylic oxidation sites excluding steroid dienone is 10. The van der Waals surface area contributed by atoms with Crippen LogP contribution < -0.4 is 5.73 Å². The van der Waals surface area contributed by atoms with Crippen LogP contribution in [0.4, 0.5) is 0 Å². The molecule has 3 unspecified atom stereocenters. The summed E-state index contributed by atoms with van der Waals surface area (Å²) in [4.78, 5) is 33.6. The highest BCUT2D eigenvalue weighted by molar-refractivity contribution is 7.47. The summed E-state index contributed by atoms with van der Waals surface area (Å²) in [5, 5.41) is 8.92. The largest absolute Gasteiger partial charge is 0.480 e. The molecule has 11 heteroatoms. The molecule has 0 spiro atoms. The lowest BCUT2D eigenvalue weighted by Gasteiger charge is -2.20. The number of nitrogens with two attached hydrogens (primary N) is 1. The van der Waals surface area contributed by atoms with E-state index in [2.05, 4.69) is 74.6 Å². The van der Waals surface area contributed by atoms with Gasteiger partial charge < -0.3 is 25.2 Å². The average molecular weight is 880 g/mol. The lowest BCUT2D eigenvalue weighted by molar-refractivity contribution is -0.154. The average Bonchev–Trinajstić information content (AvgIpc) is 3.24. The molecule has 0 aliphatic carbocycles. The zero-order valence-electron chi connectivity index (χ0n) is 38.7. The number of esters is 1. The van der Waals surface area contributed by atoms with Gasteiger partial charge in [-0.05, 0) is 77.0 Å². The molecule has 0 aromatic rings. The maximum atomic E-state index is 12.7. The molecule has 354 valence electrons. The van der Waals surface area contributed by atoms with Gasteiger partial charge in [-0.15, -0.1) is 0 Å².